The Morgan fingerprint density at radius 2 is 1.12 bits per heavy atom. The number of phosphoric acid groups is 1. The third kappa shape index (κ3) is 4.67. The number of hydrogen-bond donors (Lipinski definition) is 1. The van der Waals surface area contributed by atoms with E-state index in [1.165, 1.54) is 0 Å². The molecule has 0 aliphatic rings. The lowest BCUT2D eigenvalue weighted by Gasteiger charge is -2.29. The van der Waals surface area contributed by atoms with E-state index in [1.807, 2.05) is 91.0 Å². The Kier molecular flexibility index (Phi) is 6.37. The van der Waals surface area contributed by atoms with Gasteiger partial charge in [0.1, 0.15) is 6.10 Å². The summed E-state index contributed by atoms with van der Waals surface area (Å²) in [7, 11) is -2.42. The van der Waals surface area contributed by atoms with Gasteiger partial charge in [0, 0.05) is 15.4 Å². The van der Waals surface area contributed by atoms with Gasteiger partial charge in [-0.05, 0) is 16.7 Å². The van der Waals surface area contributed by atoms with Crippen LogP contribution in [0, 0.1) is 0 Å². The molecule has 0 radical (unpaired) electrons. The largest absolute Gasteiger partial charge is 0.475 e. The van der Waals surface area contributed by atoms with Crippen LogP contribution in [0.3, 0.4) is 0 Å². The van der Waals surface area contributed by atoms with Gasteiger partial charge in [0.05, 0.1) is 0 Å². The van der Waals surface area contributed by atoms with Crippen LogP contribution in [-0.2, 0) is 13.4 Å². The highest BCUT2D eigenvalue weighted by Crippen LogP contribution is 2.54. The van der Waals surface area contributed by atoms with Gasteiger partial charge < -0.3 is 4.89 Å². The summed E-state index contributed by atoms with van der Waals surface area (Å²) >= 11 is 0. The van der Waals surface area contributed by atoms with Gasteiger partial charge in [0.25, 0.3) is 0 Å². The minimum absolute atomic E-state index is 0.277. The summed E-state index contributed by atoms with van der Waals surface area (Å²) in [5.41, 5.74) is 2.76. The predicted octanol–water partition coefficient (Wildman–Crippen LogP) is 5.48. The summed E-state index contributed by atoms with van der Waals surface area (Å²) in [6.07, 6.45) is -0.697. The Hall–Kier alpha value is -1.80. The van der Waals surface area contributed by atoms with E-state index in [-0.39, 0.29) is 5.92 Å². The zero-order valence-corrected chi connectivity index (χ0v) is 16.1. The fourth-order valence-corrected chi connectivity index (χ4v) is 3.72. The molecule has 0 saturated heterocycles. The van der Waals surface area contributed by atoms with E-state index < -0.39 is 13.9 Å². The summed E-state index contributed by atoms with van der Waals surface area (Å²) in [4.78, 5) is 9.99. The molecule has 0 bridgehead atoms. The second-order valence-corrected chi connectivity index (χ2v) is 7.80. The topological polar surface area (TPSA) is 55.8 Å². The van der Waals surface area contributed by atoms with Crippen molar-refractivity contribution in [3.63, 3.8) is 0 Å². The summed E-state index contributed by atoms with van der Waals surface area (Å²) in [5.74, 6) is -0.277. The maximum atomic E-state index is 12.2. The van der Waals surface area contributed by atoms with Crippen molar-refractivity contribution in [3.8, 4) is 0 Å². The first-order valence-corrected chi connectivity index (χ1v) is 10.1. The van der Waals surface area contributed by atoms with Crippen LogP contribution >= 0.6 is 17.3 Å². The van der Waals surface area contributed by atoms with E-state index in [4.69, 9.17) is 4.52 Å². The molecule has 0 aromatic heterocycles. The molecule has 3 aromatic carbocycles. The Labute approximate surface area is 155 Å². The monoisotopic (exact) mass is 386 g/mol. The highest BCUT2D eigenvalue weighted by Gasteiger charge is 2.34. The summed E-state index contributed by atoms with van der Waals surface area (Å²) < 4.78 is 22.5. The number of benzene rings is 3. The SMILES string of the molecule is O=P(O)(OP)OC(c1ccccc1)C(c1ccccc1)c1ccccc1. The molecular formula is C20H20O4P2. The molecule has 0 aliphatic carbocycles. The molecular weight excluding hydrogens is 366 g/mol. The van der Waals surface area contributed by atoms with Crippen molar-refractivity contribution < 1.29 is 18.3 Å². The molecule has 3 rings (SSSR count). The van der Waals surface area contributed by atoms with Crippen LogP contribution in [-0.4, -0.2) is 4.89 Å². The fourth-order valence-electron chi connectivity index (χ4n) is 2.99. The Bertz CT molecular complexity index is 817. The Morgan fingerprint density at radius 3 is 1.50 bits per heavy atom. The smallest absolute Gasteiger partial charge is 0.302 e. The number of hydrogen-bond acceptors (Lipinski definition) is 3. The average molecular weight is 386 g/mol. The number of phosphoric ester groups is 1. The number of rotatable bonds is 7. The van der Waals surface area contributed by atoms with Gasteiger partial charge in [0.2, 0.25) is 0 Å². The van der Waals surface area contributed by atoms with Gasteiger partial charge in [-0.3, -0.25) is 8.83 Å². The normalized spacial score (nSPS) is 14.7. The summed E-state index contributed by atoms with van der Waals surface area (Å²) in [5, 5.41) is 0. The van der Waals surface area contributed by atoms with Crippen LogP contribution in [0.5, 0.6) is 0 Å². The predicted molar refractivity (Wildman–Crippen MR) is 106 cm³/mol. The molecule has 0 aliphatic heterocycles. The molecule has 26 heavy (non-hydrogen) atoms. The van der Waals surface area contributed by atoms with Gasteiger partial charge >= 0.3 is 7.82 Å². The molecule has 134 valence electrons. The molecule has 6 heteroatoms. The van der Waals surface area contributed by atoms with Crippen LogP contribution in [0.25, 0.3) is 0 Å². The first kappa shape index (κ1) is 19.0. The van der Waals surface area contributed by atoms with Gasteiger partial charge in [-0.1, -0.05) is 91.0 Å². The minimum Gasteiger partial charge on any atom is -0.302 e. The lowest BCUT2D eigenvalue weighted by atomic mass is 9.84. The zero-order valence-electron chi connectivity index (χ0n) is 14.0. The third-order valence-corrected chi connectivity index (χ3v) is 5.69. The van der Waals surface area contributed by atoms with Crippen molar-refractivity contribution in [3.05, 3.63) is 108 Å². The lowest BCUT2D eigenvalue weighted by molar-refractivity contribution is 0.130. The van der Waals surface area contributed by atoms with Crippen molar-refractivity contribution in [1.82, 2.24) is 0 Å². The van der Waals surface area contributed by atoms with E-state index in [9.17, 15) is 9.46 Å². The van der Waals surface area contributed by atoms with Crippen molar-refractivity contribution in [2.75, 3.05) is 0 Å². The van der Waals surface area contributed by atoms with Gasteiger partial charge in [-0.15, -0.1) is 0 Å². The van der Waals surface area contributed by atoms with Gasteiger partial charge in [-0.25, -0.2) is 4.57 Å². The van der Waals surface area contributed by atoms with Gasteiger partial charge in [-0.2, -0.15) is 0 Å². The van der Waals surface area contributed by atoms with Crippen molar-refractivity contribution in [2.24, 2.45) is 0 Å². The van der Waals surface area contributed by atoms with Crippen LogP contribution in [0.2, 0.25) is 0 Å². The van der Waals surface area contributed by atoms with Gasteiger partial charge in [0.15, 0.2) is 0 Å². The first-order valence-electron chi connectivity index (χ1n) is 8.15. The summed E-state index contributed by atoms with van der Waals surface area (Å²) in [6, 6.07) is 29.0. The highest BCUT2D eigenvalue weighted by molar-refractivity contribution is 7.52. The molecule has 0 saturated carbocycles. The summed E-state index contributed by atoms with van der Waals surface area (Å²) in [6.45, 7) is 0. The maximum absolute atomic E-state index is 12.2. The molecule has 3 atom stereocenters. The van der Waals surface area contributed by atoms with E-state index in [0.29, 0.717) is 0 Å². The van der Waals surface area contributed by atoms with Crippen molar-refractivity contribution >= 4 is 17.3 Å². The van der Waals surface area contributed by atoms with E-state index in [0.717, 1.165) is 16.7 Å². The molecule has 0 spiro atoms. The average Bonchev–Trinajstić information content (AvgIpc) is 2.70. The molecule has 3 aromatic rings. The molecule has 0 fully saturated rings. The molecule has 4 nitrogen and oxygen atoms in total. The molecule has 0 heterocycles. The quantitative estimate of drug-likeness (QED) is 0.546. The van der Waals surface area contributed by atoms with Crippen LogP contribution < -0.4 is 0 Å². The van der Waals surface area contributed by atoms with E-state index in [2.05, 4.69) is 4.31 Å². The van der Waals surface area contributed by atoms with Crippen molar-refractivity contribution in [1.29, 1.82) is 0 Å². The fraction of sp³-hybridized carbons (Fsp3) is 0.100. The lowest BCUT2D eigenvalue weighted by Crippen LogP contribution is -2.15. The Morgan fingerprint density at radius 1 is 0.731 bits per heavy atom. The standard InChI is InChI=1S/C20H20O4P2/c21-26(22,24-25)23-20(18-14-8-3-9-15-18)19(16-10-4-1-5-11-16)17-12-6-2-7-13-17/h1-15,19-20H,25H2,(H,21,22). The second kappa shape index (κ2) is 8.73. The van der Waals surface area contributed by atoms with Crippen LogP contribution in [0.4, 0.5) is 0 Å². The Balaban J connectivity index is 2.14. The third-order valence-electron chi connectivity index (χ3n) is 4.13. The zero-order chi connectivity index (χ0) is 18.4. The molecule has 0 amide bonds. The molecule has 3 unspecified atom stereocenters. The highest BCUT2D eigenvalue weighted by atomic mass is 31.2. The minimum atomic E-state index is -4.23. The van der Waals surface area contributed by atoms with E-state index in [1.54, 1.807) is 9.47 Å². The van der Waals surface area contributed by atoms with E-state index >= 15 is 0 Å². The maximum Gasteiger partial charge on any atom is 0.475 e. The molecule has 1 N–H and O–H groups in total. The second-order valence-electron chi connectivity index (χ2n) is 5.81. The first-order chi connectivity index (χ1) is 12.6. The van der Waals surface area contributed by atoms with Crippen LogP contribution in [0.1, 0.15) is 28.7 Å². The van der Waals surface area contributed by atoms with Crippen LogP contribution in [0.15, 0.2) is 91.0 Å². The van der Waals surface area contributed by atoms with Crippen molar-refractivity contribution in [2.45, 2.75) is 12.0 Å².